The Morgan fingerprint density at radius 3 is 2.53 bits per heavy atom. The Morgan fingerprint density at radius 1 is 0.933 bits per heavy atom. The van der Waals surface area contributed by atoms with Gasteiger partial charge in [-0.05, 0) is 42.5 Å². The van der Waals surface area contributed by atoms with Crippen LogP contribution in [0.25, 0.3) is 5.82 Å². The van der Waals surface area contributed by atoms with Crippen LogP contribution in [0.15, 0.2) is 90.1 Å². The summed E-state index contributed by atoms with van der Waals surface area (Å²) in [4.78, 5) is 33.7. The predicted molar refractivity (Wildman–Crippen MR) is 118 cm³/mol. The topological polar surface area (TPSA) is 88.9 Å². The number of anilines is 2. The van der Waals surface area contributed by atoms with E-state index in [4.69, 9.17) is 0 Å². The van der Waals surface area contributed by atoms with Gasteiger partial charge in [0.05, 0.1) is 23.1 Å². The second-order valence-electron chi connectivity index (χ2n) is 6.34. The van der Waals surface area contributed by atoms with E-state index in [0.29, 0.717) is 28.3 Å². The largest absolute Gasteiger partial charge is 0.321 e. The van der Waals surface area contributed by atoms with Crippen LogP contribution < -0.4 is 10.6 Å². The van der Waals surface area contributed by atoms with Crippen molar-refractivity contribution in [1.29, 1.82) is 0 Å². The number of amides is 2. The van der Waals surface area contributed by atoms with Crippen molar-refractivity contribution < 1.29 is 9.59 Å². The van der Waals surface area contributed by atoms with Crippen LogP contribution in [0.5, 0.6) is 0 Å². The molecular weight excluding hydrogens is 446 g/mol. The SMILES string of the molecule is O=C(Nc1ccccc1C(=O)Nc1ccc(-n2ccnc2)nc1)c1cccc(Br)c1. The molecule has 2 heterocycles. The number of para-hydroxylation sites is 1. The van der Waals surface area contributed by atoms with E-state index in [-0.39, 0.29) is 11.8 Å². The van der Waals surface area contributed by atoms with Gasteiger partial charge in [-0.25, -0.2) is 9.97 Å². The van der Waals surface area contributed by atoms with Crippen molar-refractivity contribution in [1.82, 2.24) is 14.5 Å². The highest BCUT2D eigenvalue weighted by molar-refractivity contribution is 9.10. The standard InChI is InChI=1S/C22H16BrN5O2/c23-16-5-3-4-15(12-16)21(29)27-19-7-2-1-6-18(19)22(30)26-17-8-9-20(25-13-17)28-11-10-24-14-28/h1-14H,(H,26,30)(H,27,29). The van der Waals surface area contributed by atoms with E-state index in [0.717, 1.165) is 4.47 Å². The zero-order valence-electron chi connectivity index (χ0n) is 15.6. The average Bonchev–Trinajstić information content (AvgIpc) is 3.29. The second-order valence-corrected chi connectivity index (χ2v) is 7.25. The molecule has 2 aromatic heterocycles. The van der Waals surface area contributed by atoms with Gasteiger partial charge in [0.2, 0.25) is 0 Å². The molecule has 4 aromatic rings. The number of hydrogen-bond donors (Lipinski definition) is 2. The summed E-state index contributed by atoms with van der Waals surface area (Å²) in [7, 11) is 0. The lowest BCUT2D eigenvalue weighted by Crippen LogP contribution is -2.18. The number of halogens is 1. The molecule has 0 bridgehead atoms. The Morgan fingerprint density at radius 2 is 1.80 bits per heavy atom. The molecule has 0 saturated heterocycles. The summed E-state index contributed by atoms with van der Waals surface area (Å²) in [6, 6.07) is 17.4. The van der Waals surface area contributed by atoms with Crippen LogP contribution in [0.2, 0.25) is 0 Å². The number of hydrogen-bond acceptors (Lipinski definition) is 4. The number of benzene rings is 2. The molecule has 0 atom stereocenters. The van der Waals surface area contributed by atoms with Gasteiger partial charge in [-0.15, -0.1) is 0 Å². The quantitative estimate of drug-likeness (QED) is 0.456. The Hall–Kier alpha value is -3.78. The van der Waals surface area contributed by atoms with Gasteiger partial charge >= 0.3 is 0 Å². The van der Waals surface area contributed by atoms with E-state index >= 15 is 0 Å². The first kappa shape index (κ1) is 19.5. The van der Waals surface area contributed by atoms with E-state index in [1.54, 1.807) is 84.1 Å². The van der Waals surface area contributed by atoms with Crippen molar-refractivity contribution in [3.63, 3.8) is 0 Å². The molecule has 8 heteroatoms. The van der Waals surface area contributed by atoms with Crippen LogP contribution in [0.3, 0.4) is 0 Å². The summed E-state index contributed by atoms with van der Waals surface area (Å²) >= 11 is 3.35. The number of aromatic nitrogens is 3. The lowest BCUT2D eigenvalue weighted by Gasteiger charge is -2.12. The summed E-state index contributed by atoms with van der Waals surface area (Å²) in [5, 5.41) is 5.61. The minimum Gasteiger partial charge on any atom is -0.321 e. The number of carbonyl (C=O) groups excluding carboxylic acids is 2. The maximum Gasteiger partial charge on any atom is 0.257 e. The van der Waals surface area contributed by atoms with Gasteiger partial charge in [0.25, 0.3) is 11.8 Å². The number of nitrogens with zero attached hydrogens (tertiary/aromatic N) is 3. The van der Waals surface area contributed by atoms with Gasteiger partial charge in [-0.3, -0.25) is 14.2 Å². The predicted octanol–water partition coefficient (Wildman–Crippen LogP) is 4.53. The molecule has 148 valence electrons. The van der Waals surface area contributed by atoms with Crippen molar-refractivity contribution >= 4 is 39.1 Å². The van der Waals surface area contributed by atoms with Crippen molar-refractivity contribution in [3.05, 3.63) is 101 Å². The zero-order chi connectivity index (χ0) is 20.9. The minimum atomic E-state index is -0.350. The molecule has 0 aliphatic rings. The number of imidazole rings is 1. The number of pyridine rings is 1. The van der Waals surface area contributed by atoms with Gasteiger partial charge in [0.15, 0.2) is 0 Å². The first-order valence-electron chi connectivity index (χ1n) is 9.02. The number of carbonyl (C=O) groups is 2. The molecular formula is C22H16BrN5O2. The lowest BCUT2D eigenvalue weighted by atomic mass is 10.1. The molecule has 0 saturated carbocycles. The van der Waals surface area contributed by atoms with Crippen LogP contribution in [0.4, 0.5) is 11.4 Å². The van der Waals surface area contributed by atoms with Crippen LogP contribution in [0.1, 0.15) is 20.7 Å². The third-order valence-corrected chi connectivity index (χ3v) is 4.77. The summed E-state index contributed by atoms with van der Waals surface area (Å²) in [5.41, 5.74) is 1.79. The molecule has 0 aliphatic carbocycles. The highest BCUT2D eigenvalue weighted by atomic mass is 79.9. The highest BCUT2D eigenvalue weighted by Crippen LogP contribution is 2.20. The maximum absolute atomic E-state index is 12.8. The van der Waals surface area contributed by atoms with Crippen molar-refractivity contribution in [3.8, 4) is 5.82 Å². The Bertz CT molecular complexity index is 1190. The summed E-state index contributed by atoms with van der Waals surface area (Å²) < 4.78 is 2.56. The third kappa shape index (κ3) is 4.44. The normalized spacial score (nSPS) is 10.4. The highest BCUT2D eigenvalue weighted by Gasteiger charge is 2.15. The molecule has 0 spiro atoms. The van der Waals surface area contributed by atoms with Crippen molar-refractivity contribution in [2.75, 3.05) is 10.6 Å². The fourth-order valence-corrected chi connectivity index (χ4v) is 3.22. The molecule has 2 amide bonds. The van der Waals surface area contributed by atoms with Crippen molar-refractivity contribution in [2.24, 2.45) is 0 Å². The Balaban J connectivity index is 1.50. The lowest BCUT2D eigenvalue weighted by molar-refractivity contribution is 0.102. The Labute approximate surface area is 180 Å². The second kappa shape index (κ2) is 8.71. The van der Waals surface area contributed by atoms with Crippen LogP contribution >= 0.6 is 15.9 Å². The van der Waals surface area contributed by atoms with E-state index in [2.05, 4.69) is 36.5 Å². The smallest absolute Gasteiger partial charge is 0.257 e. The van der Waals surface area contributed by atoms with Gasteiger partial charge in [0.1, 0.15) is 12.1 Å². The molecule has 0 fully saturated rings. The molecule has 7 nitrogen and oxygen atoms in total. The van der Waals surface area contributed by atoms with Gasteiger partial charge in [0, 0.05) is 22.4 Å². The maximum atomic E-state index is 12.8. The fraction of sp³-hybridized carbons (Fsp3) is 0. The van der Waals surface area contributed by atoms with E-state index in [1.807, 2.05) is 6.07 Å². The van der Waals surface area contributed by atoms with Gasteiger partial charge in [-0.1, -0.05) is 34.1 Å². The first-order chi connectivity index (χ1) is 14.6. The van der Waals surface area contributed by atoms with Crippen LogP contribution in [0, 0.1) is 0 Å². The molecule has 4 rings (SSSR count). The van der Waals surface area contributed by atoms with E-state index in [1.165, 1.54) is 0 Å². The molecule has 0 unspecified atom stereocenters. The molecule has 0 radical (unpaired) electrons. The molecule has 2 N–H and O–H groups in total. The molecule has 30 heavy (non-hydrogen) atoms. The fourth-order valence-electron chi connectivity index (χ4n) is 2.82. The van der Waals surface area contributed by atoms with E-state index < -0.39 is 0 Å². The molecule has 0 aliphatic heterocycles. The van der Waals surface area contributed by atoms with Crippen LogP contribution in [-0.4, -0.2) is 26.3 Å². The molecule has 2 aromatic carbocycles. The summed E-state index contributed by atoms with van der Waals surface area (Å²) in [6.07, 6.45) is 6.65. The van der Waals surface area contributed by atoms with Crippen LogP contribution in [-0.2, 0) is 0 Å². The van der Waals surface area contributed by atoms with Crippen molar-refractivity contribution in [2.45, 2.75) is 0 Å². The number of nitrogens with one attached hydrogen (secondary N) is 2. The minimum absolute atomic E-state index is 0.303. The van der Waals surface area contributed by atoms with Gasteiger partial charge < -0.3 is 10.6 Å². The summed E-state index contributed by atoms with van der Waals surface area (Å²) in [5.74, 6) is 0.0346. The number of rotatable bonds is 5. The zero-order valence-corrected chi connectivity index (χ0v) is 17.2. The third-order valence-electron chi connectivity index (χ3n) is 4.28. The average molecular weight is 462 g/mol. The Kier molecular flexibility index (Phi) is 5.67. The van der Waals surface area contributed by atoms with E-state index in [9.17, 15) is 9.59 Å². The first-order valence-corrected chi connectivity index (χ1v) is 9.81. The summed E-state index contributed by atoms with van der Waals surface area (Å²) in [6.45, 7) is 0. The monoisotopic (exact) mass is 461 g/mol. The van der Waals surface area contributed by atoms with Gasteiger partial charge in [-0.2, -0.15) is 0 Å².